The molecular formula is C13H19BrO4. The molecule has 1 aromatic carbocycles. The Morgan fingerprint density at radius 1 is 1.22 bits per heavy atom. The van der Waals surface area contributed by atoms with Gasteiger partial charge < -0.3 is 19.3 Å². The Labute approximate surface area is 116 Å². The van der Waals surface area contributed by atoms with Gasteiger partial charge in [0, 0.05) is 0 Å². The third kappa shape index (κ3) is 5.25. The van der Waals surface area contributed by atoms with E-state index >= 15 is 0 Å². The Kier molecular flexibility index (Phi) is 7.08. The summed E-state index contributed by atoms with van der Waals surface area (Å²) in [5.41, 5.74) is 0. The lowest BCUT2D eigenvalue weighted by atomic mass is 10.3. The highest BCUT2D eigenvalue weighted by Crippen LogP contribution is 2.35. The third-order valence-electron chi connectivity index (χ3n) is 2.00. The molecule has 0 saturated carbocycles. The maximum Gasteiger partial charge on any atom is 0.175 e. The van der Waals surface area contributed by atoms with Gasteiger partial charge in [-0.25, -0.2) is 0 Å². The molecule has 0 aliphatic heterocycles. The second kappa shape index (κ2) is 8.34. The predicted octanol–water partition coefficient (Wildman–Crippen LogP) is 2.62. The Balaban J connectivity index is 2.56. The summed E-state index contributed by atoms with van der Waals surface area (Å²) < 4.78 is 17.3. The zero-order chi connectivity index (χ0) is 13.4. The van der Waals surface area contributed by atoms with Gasteiger partial charge in [0.1, 0.15) is 6.61 Å². The smallest absolute Gasteiger partial charge is 0.175 e. The molecule has 102 valence electrons. The zero-order valence-electron chi connectivity index (χ0n) is 10.7. The number of halogens is 1. The first-order valence-electron chi connectivity index (χ1n) is 5.91. The molecule has 0 amide bonds. The van der Waals surface area contributed by atoms with Gasteiger partial charge in [0.25, 0.3) is 0 Å². The van der Waals surface area contributed by atoms with Crippen molar-refractivity contribution in [2.75, 3.05) is 26.4 Å². The van der Waals surface area contributed by atoms with Crippen LogP contribution in [-0.2, 0) is 4.74 Å². The van der Waals surface area contributed by atoms with Gasteiger partial charge in [0.15, 0.2) is 11.5 Å². The molecule has 0 radical (unpaired) electrons. The number of aliphatic hydroxyl groups excluding tert-OH is 1. The number of aliphatic hydroxyl groups is 1. The minimum Gasteiger partial charge on any atom is -0.487 e. The van der Waals surface area contributed by atoms with Gasteiger partial charge in [0.2, 0.25) is 0 Å². The third-order valence-corrected chi connectivity index (χ3v) is 2.63. The number of hydrogen-bond donors (Lipinski definition) is 1. The van der Waals surface area contributed by atoms with E-state index in [9.17, 15) is 0 Å². The van der Waals surface area contributed by atoms with Gasteiger partial charge in [-0.15, -0.1) is 0 Å². The summed E-state index contributed by atoms with van der Waals surface area (Å²) in [4.78, 5) is 0. The average molecular weight is 319 g/mol. The fourth-order valence-corrected chi connectivity index (χ4v) is 1.81. The highest BCUT2D eigenvalue weighted by molar-refractivity contribution is 9.10. The molecule has 5 heteroatoms. The van der Waals surface area contributed by atoms with E-state index in [1.54, 1.807) is 0 Å². The number of hydrogen-bond acceptors (Lipinski definition) is 4. The fourth-order valence-electron chi connectivity index (χ4n) is 1.35. The van der Waals surface area contributed by atoms with E-state index in [0.717, 1.165) is 4.47 Å². The van der Waals surface area contributed by atoms with Crippen molar-refractivity contribution in [1.82, 2.24) is 0 Å². The van der Waals surface area contributed by atoms with E-state index in [4.69, 9.17) is 19.3 Å². The predicted molar refractivity (Wildman–Crippen MR) is 73.3 cm³/mol. The summed E-state index contributed by atoms with van der Waals surface area (Å²) in [5, 5.41) is 8.58. The number of ether oxygens (including phenoxy) is 3. The Bertz CT molecular complexity index is 355. The van der Waals surface area contributed by atoms with Gasteiger partial charge in [-0.1, -0.05) is 6.07 Å². The van der Waals surface area contributed by atoms with E-state index in [0.29, 0.717) is 31.3 Å². The van der Waals surface area contributed by atoms with Crippen molar-refractivity contribution in [2.24, 2.45) is 0 Å². The van der Waals surface area contributed by atoms with E-state index < -0.39 is 0 Å². The molecule has 0 spiro atoms. The summed E-state index contributed by atoms with van der Waals surface area (Å²) >= 11 is 3.43. The minimum atomic E-state index is 0.0245. The molecule has 4 nitrogen and oxygen atoms in total. The maximum atomic E-state index is 8.58. The summed E-state index contributed by atoms with van der Waals surface area (Å²) in [5.74, 6) is 1.39. The van der Waals surface area contributed by atoms with Gasteiger partial charge in [0.05, 0.1) is 30.4 Å². The van der Waals surface area contributed by atoms with Crippen molar-refractivity contribution >= 4 is 15.9 Å². The van der Waals surface area contributed by atoms with Crippen LogP contribution in [0.3, 0.4) is 0 Å². The molecule has 0 unspecified atom stereocenters. The summed E-state index contributed by atoms with van der Waals surface area (Å²) in [6.07, 6.45) is 0.0901. The second-order valence-electron chi connectivity index (χ2n) is 3.92. The maximum absolute atomic E-state index is 8.58. The van der Waals surface area contributed by atoms with Crippen LogP contribution in [0.15, 0.2) is 22.7 Å². The van der Waals surface area contributed by atoms with E-state index in [-0.39, 0.29) is 12.7 Å². The van der Waals surface area contributed by atoms with Crippen molar-refractivity contribution in [3.8, 4) is 11.5 Å². The average Bonchev–Trinajstić information content (AvgIpc) is 2.31. The lowest BCUT2D eigenvalue weighted by molar-refractivity contribution is 0.0691. The van der Waals surface area contributed by atoms with Gasteiger partial charge in [-0.2, -0.15) is 0 Å². The first-order chi connectivity index (χ1) is 8.65. The number of benzene rings is 1. The fraction of sp³-hybridized carbons (Fsp3) is 0.538. The van der Waals surface area contributed by atoms with Crippen molar-refractivity contribution in [3.63, 3.8) is 0 Å². The second-order valence-corrected chi connectivity index (χ2v) is 4.77. The quantitative estimate of drug-likeness (QED) is 0.748. The number of rotatable bonds is 8. The van der Waals surface area contributed by atoms with Gasteiger partial charge >= 0.3 is 0 Å². The Hall–Kier alpha value is -0.780. The molecule has 1 aromatic rings. The van der Waals surface area contributed by atoms with Crippen LogP contribution >= 0.6 is 15.9 Å². The molecule has 0 heterocycles. The molecule has 0 aliphatic rings. The van der Waals surface area contributed by atoms with Crippen molar-refractivity contribution in [3.05, 3.63) is 22.7 Å². The summed E-state index contributed by atoms with van der Waals surface area (Å²) in [7, 11) is 0. The molecule has 0 aliphatic carbocycles. The first kappa shape index (κ1) is 15.3. The molecule has 0 saturated heterocycles. The van der Waals surface area contributed by atoms with Crippen molar-refractivity contribution in [1.29, 1.82) is 0 Å². The van der Waals surface area contributed by atoms with Crippen LogP contribution in [0, 0.1) is 0 Å². The lowest BCUT2D eigenvalue weighted by Crippen LogP contribution is -2.11. The molecule has 0 fully saturated rings. The summed E-state index contributed by atoms with van der Waals surface area (Å²) in [6.45, 7) is 5.13. The van der Waals surface area contributed by atoms with E-state index in [1.165, 1.54) is 0 Å². The highest BCUT2D eigenvalue weighted by atomic mass is 79.9. The topological polar surface area (TPSA) is 47.9 Å². The normalized spacial score (nSPS) is 10.7. The van der Waals surface area contributed by atoms with Crippen LogP contribution < -0.4 is 9.47 Å². The lowest BCUT2D eigenvalue weighted by Gasteiger charge is -2.16. The van der Waals surface area contributed by atoms with Crippen LogP contribution in [0.5, 0.6) is 11.5 Å². The van der Waals surface area contributed by atoms with Crippen molar-refractivity contribution in [2.45, 2.75) is 20.0 Å². The number of para-hydroxylation sites is 1. The molecule has 0 aromatic heterocycles. The van der Waals surface area contributed by atoms with Crippen LogP contribution in [0.25, 0.3) is 0 Å². The van der Waals surface area contributed by atoms with Gasteiger partial charge in [-0.05, 0) is 41.9 Å². The van der Waals surface area contributed by atoms with E-state index in [1.807, 2.05) is 32.0 Å². The Morgan fingerprint density at radius 2 is 2.00 bits per heavy atom. The van der Waals surface area contributed by atoms with Crippen molar-refractivity contribution < 1.29 is 19.3 Å². The van der Waals surface area contributed by atoms with E-state index in [2.05, 4.69) is 15.9 Å². The molecule has 1 N–H and O–H groups in total. The largest absolute Gasteiger partial charge is 0.487 e. The van der Waals surface area contributed by atoms with Crippen LogP contribution in [-0.4, -0.2) is 37.6 Å². The zero-order valence-corrected chi connectivity index (χ0v) is 12.3. The molecule has 0 atom stereocenters. The highest BCUT2D eigenvalue weighted by Gasteiger charge is 2.10. The van der Waals surface area contributed by atoms with Crippen LogP contribution in [0.1, 0.15) is 13.8 Å². The Morgan fingerprint density at radius 3 is 2.67 bits per heavy atom. The van der Waals surface area contributed by atoms with Crippen LogP contribution in [0.2, 0.25) is 0 Å². The molecular weight excluding hydrogens is 300 g/mol. The first-order valence-corrected chi connectivity index (χ1v) is 6.71. The molecule has 18 heavy (non-hydrogen) atoms. The molecule has 1 rings (SSSR count). The van der Waals surface area contributed by atoms with Crippen LogP contribution in [0.4, 0.5) is 0 Å². The molecule has 0 bridgehead atoms. The monoisotopic (exact) mass is 318 g/mol. The standard InChI is InChI=1S/C13H19BrO4/c1-10(2)18-12-5-3-4-11(14)13(12)17-9-8-16-7-6-15/h3-5,10,15H,6-9H2,1-2H3. The minimum absolute atomic E-state index is 0.0245. The SMILES string of the molecule is CC(C)Oc1cccc(Br)c1OCCOCCO. The summed E-state index contributed by atoms with van der Waals surface area (Å²) in [6, 6.07) is 5.67. The van der Waals surface area contributed by atoms with Gasteiger partial charge in [-0.3, -0.25) is 0 Å².